The normalized spacial score (nSPS) is 11.2. The van der Waals surface area contributed by atoms with Gasteiger partial charge in [-0.1, -0.05) is 13.5 Å². The molecule has 13 heavy (non-hydrogen) atoms. The van der Waals surface area contributed by atoms with Crippen LogP contribution in [0.2, 0.25) is 0 Å². The lowest BCUT2D eigenvalue weighted by Gasteiger charge is -2.02. The first kappa shape index (κ1) is 12.3. The van der Waals surface area contributed by atoms with E-state index >= 15 is 0 Å². The van der Waals surface area contributed by atoms with E-state index in [-0.39, 0.29) is 11.5 Å². The fourth-order valence-electron chi connectivity index (χ4n) is 0.575. The minimum Gasteiger partial charge on any atom is -0.292 e. The van der Waals surface area contributed by atoms with Crippen molar-refractivity contribution in [3.05, 3.63) is 12.2 Å². The summed E-state index contributed by atoms with van der Waals surface area (Å²) in [6.45, 7) is 6.18. The minimum atomic E-state index is -3.52. The van der Waals surface area contributed by atoms with Gasteiger partial charge in [0.25, 0.3) is 10.1 Å². The van der Waals surface area contributed by atoms with E-state index in [0.29, 0.717) is 12.0 Å². The van der Waals surface area contributed by atoms with Crippen molar-refractivity contribution >= 4 is 15.9 Å². The molecule has 0 amide bonds. The van der Waals surface area contributed by atoms with Crippen LogP contribution in [0.25, 0.3) is 0 Å². The highest BCUT2D eigenvalue weighted by molar-refractivity contribution is 7.86. The van der Waals surface area contributed by atoms with Crippen LogP contribution in [-0.2, 0) is 19.1 Å². The van der Waals surface area contributed by atoms with Gasteiger partial charge in [0, 0.05) is 0 Å². The number of ketones is 1. The fourth-order valence-corrected chi connectivity index (χ4v) is 1.48. The number of hydrogen-bond donors (Lipinski definition) is 0. The summed E-state index contributed by atoms with van der Waals surface area (Å²) in [4.78, 5) is 10.9. The molecule has 0 saturated heterocycles. The van der Waals surface area contributed by atoms with E-state index < -0.39 is 16.7 Å². The molecule has 0 atom stereocenters. The Bertz CT molecular complexity index is 289. The van der Waals surface area contributed by atoms with E-state index in [2.05, 4.69) is 10.8 Å². The van der Waals surface area contributed by atoms with Crippen molar-refractivity contribution in [2.45, 2.75) is 20.3 Å². The van der Waals surface area contributed by atoms with Crippen LogP contribution in [0.15, 0.2) is 12.2 Å². The molecule has 0 N–H and O–H groups in total. The maximum absolute atomic E-state index is 11.0. The van der Waals surface area contributed by atoms with Crippen molar-refractivity contribution in [3.63, 3.8) is 0 Å². The predicted molar refractivity (Wildman–Crippen MR) is 49.9 cm³/mol. The lowest BCUT2D eigenvalue weighted by atomic mass is 10.2. The van der Waals surface area contributed by atoms with Crippen LogP contribution in [0.4, 0.5) is 0 Å². The van der Waals surface area contributed by atoms with Gasteiger partial charge in [-0.05, 0) is 18.9 Å². The first-order valence-corrected chi connectivity index (χ1v) is 5.52. The molecule has 0 aliphatic rings. The molecule has 0 unspecified atom stereocenters. The smallest absolute Gasteiger partial charge is 0.267 e. The van der Waals surface area contributed by atoms with Gasteiger partial charge in [0.2, 0.25) is 0 Å². The lowest BCUT2D eigenvalue weighted by molar-refractivity contribution is -0.117. The largest absolute Gasteiger partial charge is 0.292 e. The number of Topliss-reactive ketones (excluding diaryl/α,β-unsaturated/α-hetero) is 1. The summed E-state index contributed by atoms with van der Waals surface area (Å²) in [6.07, 6.45) is 0.476. The zero-order chi connectivity index (χ0) is 10.5. The number of rotatable bonds is 6. The van der Waals surface area contributed by atoms with E-state index in [4.69, 9.17) is 0 Å². The molecule has 0 aromatic rings. The van der Waals surface area contributed by atoms with Gasteiger partial charge in [-0.3, -0.25) is 8.98 Å². The van der Waals surface area contributed by atoms with Gasteiger partial charge in [0.05, 0.1) is 5.75 Å². The van der Waals surface area contributed by atoms with Crippen molar-refractivity contribution in [2.75, 3.05) is 12.4 Å². The molecule has 0 spiro atoms. The van der Waals surface area contributed by atoms with Gasteiger partial charge in [0.15, 0.2) is 5.78 Å². The van der Waals surface area contributed by atoms with Crippen LogP contribution in [0, 0.1) is 0 Å². The molecule has 0 saturated carbocycles. The Kier molecular flexibility index (Phi) is 4.87. The molecule has 0 fully saturated rings. The Morgan fingerprint density at radius 2 is 2.00 bits per heavy atom. The van der Waals surface area contributed by atoms with Crippen LogP contribution in [0.3, 0.4) is 0 Å². The quantitative estimate of drug-likeness (QED) is 0.478. The molecule has 0 radical (unpaired) electrons. The molecule has 0 aliphatic heterocycles. The van der Waals surface area contributed by atoms with Crippen LogP contribution in [-0.4, -0.2) is 26.6 Å². The molecule has 0 bridgehead atoms. The van der Waals surface area contributed by atoms with Crippen molar-refractivity contribution in [1.82, 2.24) is 0 Å². The van der Waals surface area contributed by atoms with Gasteiger partial charge in [0.1, 0.15) is 6.61 Å². The third-order valence-electron chi connectivity index (χ3n) is 1.30. The third-order valence-corrected chi connectivity index (χ3v) is 2.68. The highest BCUT2D eigenvalue weighted by Crippen LogP contribution is 1.98. The first-order chi connectivity index (χ1) is 5.89. The van der Waals surface area contributed by atoms with E-state index in [9.17, 15) is 13.2 Å². The van der Waals surface area contributed by atoms with Gasteiger partial charge in [-0.25, -0.2) is 0 Å². The molecule has 4 nitrogen and oxygen atoms in total. The Morgan fingerprint density at radius 1 is 1.46 bits per heavy atom. The molecule has 0 aliphatic carbocycles. The number of hydrogen-bond acceptors (Lipinski definition) is 4. The standard InChI is InChI=1S/C8H14O4S/c1-4-5-13(10,11)12-6-8(9)7(2)3/h2,4-6H2,1,3H3. The highest BCUT2D eigenvalue weighted by atomic mass is 32.2. The van der Waals surface area contributed by atoms with E-state index in [1.807, 2.05) is 0 Å². The van der Waals surface area contributed by atoms with E-state index in [0.717, 1.165) is 0 Å². The maximum atomic E-state index is 11.0. The topological polar surface area (TPSA) is 60.4 Å². The van der Waals surface area contributed by atoms with Gasteiger partial charge >= 0.3 is 0 Å². The molecule has 76 valence electrons. The predicted octanol–water partition coefficient (Wildman–Crippen LogP) is 0.888. The summed E-state index contributed by atoms with van der Waals surface area (Å²) >= 11 is 0. The van der Waals surface area contributed by atoms with Crippen LogP contribution in [0.5, 0.6) is 0 Å². The van der Waals surface area contributed by atoms with Crippen LogP contribution < -0.4 is 0 Å². The van der Waals surface area contributed by atoms with E-state index in [1.54, 1.807) is 6.92 Å². The third kappa shape index (κ3) is 5.54. The van der Waals surface area contributed by atoms with Crippen molar-refractivity contribution < 1.29 is 17.4 Å². The minimum absolute atomic E-state index is 0.0591. The van der Waals surface area contributed by atoms with Crippen molar-refractivity contribution in [2.24, 2.45) is 0 Å². The maximum Gasteiger partial charge on any atom is 0.267 e. The Morgan fingerprint density at radius 3 is 2.38 bits per heavy atom. The Balaban J connectivity index is 4.03. The summed E-state index contributed by atoms with van der Waals surface area (Å²) < 4.78 is 26.4. The second-order valence-electron chi connectivity index (χ2n) is 2.73. The molecular weight excluding hydrogens is 192 g/mol. The molecular formula is C8H14O4S. The number of carbonyl (C=O) groups is 1. The average molecular weight is 206 g/mol. The molecule has 0 aromatic heterocycles. The summed E-state index contributed by atoms with van der Waals surface area (Å²) in [7, 11) is -3.52. The van der Waals surface area contributed by atoms with Crippen molar-refractivity contribution in [3.8, 4) is 0 Å². The second-order valence-corrected chi connectivity index (χ2v) is 4.49. The van der Waals surface area contributed by atoms with Crippen molar-refractivity contribution in [1.29, 1.82) is 0 Å². The molecule has 0 heterocycles. The molecule has 5 heteroatoms. The second kappa shape index (κ2) is 5.14. The van der Waals surface area contributed by atoms with E-state index in [1.165, 1.54) is 6.92 Å². The summed E-state index contributed by atoms with van der Waals surface area (Å²) in [5, 5.41) is 0. The summed E-state index contributed by atoms with van der Waals surface area (Å²) in [5.41, 5.74) is 0.298. The molecule has 0 aromatic carbocycles. The monoisotopic (exact) mass is 206 g/mol. The Hall–Kier alpha value is -0.680. The van der Waals surface area contributed by atoms with Gasteiger partial charge in [-0.15, -0.1) is 0 Å². The number of carbonyl (C=O) groups excluding carboxylic acids is 1. The van der Waals surface area contributed by atoms with Gasteiger partial charge in [-0.2, -0.15) is 8.42 Å². The lowest BCUT2D eigenvalue weighted by Crippen LogP contribution is -2.16. The fraction of sp³-hybridized carbons (Fsp3) is 0.625. The zero-order valence-electron chi connectivity index (χ0n) is 7.87. The molecule has 0 rings (SSSR count). The van der Waals surface area contributed by atoms with Gasteiger partial charge < -0.3 is 0 Å². The van der Waals surface area contributed by atoms with Crippen LogP contribution in [0.1, 0.15) is 20.3 Å². The first-order valence-electron chi connectivity index (χ1n) is 3.95. The highest BCUT2D eigenvalue weighted by Gasteiger charge is 2.12. The zero-order valence-corrected chi connectivity index (χ0v) is 8.69. The van der Waals surface area contributed by atoms with Crippen LogP contribution >= 0.6 is 0 Å². The summed E-state index contributed by atoms with van der Waals surface area (Å²) in [6, 6.07) is 0. The SMILES string of the molecule is C=C(C)C(=O)COS(=O)(=O)CCC. The summed E-state index contributed by atoms with van der Waals surface area (Å²) in [5.74, 6) is -0.448. The Labute approximate surface area is 78.7 Å². The average Bonchev–Trinajstić information content (AvgIpc) is 2.00.